The Bertz CT molecular complexity index is 1310. The van der Waals surface area contributed by atoms with Crippen molar-refractivity contribution in [3.8, 4) is 5.75 Å². The lowest BCUT2D eigenvalue weighted by atomic mass is 9.68. The number of ether oxygens (including phenoxy) is 2. The second-order valence-electron chi connectivity index (χ2n) is 9.82. The first-order valence-corrected chi connectivity index (χ1v) is 11.9. The Labute approximate surface area is 214 Å². The summed E-state index contributed by atoms with van der Waals surface area (Å²) < 4.78 is 10.8. The molecule has 4 rings (SSSR count). The molecule has 1 aliphatic carbocycles. The maximum atomic E-state index is 13.3. The van der Waals surface area contributed by atoms with E-state index >= 15 is 0 Å². The van der Waals surface area contributed by atoms with E-state index in [1.54, 1.807) is 37.3 Å². The van der Waals surface area contributed by atoms with Crippen LogP contribution < -0.4 is 10.1 Å². The topological polar surface area (TPSA) is 108 Å². The molecule has 0 radical (unpaired) electrons. The molecule has 0 unspecified atom stereocenters. The van der Waals surface area contributed by atoms with E-state index in [1.807, 2.05) is 13.8 Å². The number of nitrogens with one attached hydrogen (secondary N) is 1. The van der Waals surface area contributed by atoms with Crippen LogP contribution in [0.3, 0.4) is 0 Å². The van der Waals surface area contributed by atoms with Gasteiger partial charge in [-0.25, -0.2) is 4.79 Å². The molecule has 8 nitrogen and oxygen atoms in total. The zero-order valence-corrected chi connectivity index (χ0v) is 21.3. The first-order valence-electron chi connectivity index (χ1n) is 11.5. The Hall–Kier alpha value is -3.65. The van der Waals surface area contributed by atoms with Crippen molar-refractivity contribution < 1.29 is 24.0 Å². The summed E-state index contributed by atoms with van der Waals surface area (Å²) in [7, 11) is 1.27. The Morgan fingerprint density at radius 2 is 1.89 bits per heavy atom. The van der Waals surface area contributed by atoms with Crippen LogP contribution >= 0.6 is 11.6 Å². The molecule has 36 heavy (non-hydrogen) atoms. The average molecular weight is 511 g/mol. The third kappa shape index (κ3) is 4.99. The van der Waals surface area contributed by atoms with Gasteiger partial charge in [0.25, 0.3) is 0 Å². The van der Waals surface area contributed by atoms with Gasteiger partial charge in [0.15, 0.2) is 11.5 Å². The van der Waals surface area contributed by atoms with Gasteiger partial charge >= 0.3 is 11.7 Å². The van der Waals surface area contributed by atoms with Crippen LogP contribution in [-0.4, -0.2) is 23.8 Å². The number of carbonyl (C=O) groups is 2. The smallest absolute Gasteiger partial charge is 0.336 e. The zero-order valence-electron chi connectivity index (χ0n) is 20.5. The van der Waals surface area contributed by atoms with E-state index < -0.39 is 16.8 Å². The molecule has 0 saturated carbocycles. The largest absolute Gasteiger partial charge is 0.482 e. The quantitative estimate of drug-likeness (QED) is 0.306. The second-order valence-corrected chi connectivity index (χ2v) is 10.3. The fraction of sp³-hybridized carbons (Fsp3) is 0.333. The van der Waals surface area contributed by atoms with Gasteiger partial charge in [0, 0.05) is 40.4 Å². The van der Waals surface area contributed by atoms with Crippen LogP contribution in [0.2, 0.25) is 5.02 Å². The van der Waals surface area contributed by atoms with Gasteiger partial charge in [-0.2, -0.15) is 0 Å². The predicted molar refractivity (Wildman–Crippen MR) is 135 cm³/mol. The third-order valence-corrected chi connectivity index (χ3v) is 6.72. The molecule has 0 amide bonds. The molecule has 2 aromatic rings. The molecule has 0 aromatic heterocycles. The fourth-order valence-electron chi connectivity index (χ4n) is 4.87. The van der Waals surface area contributed by atoms with Crippen LogP contribution in [0.1, 0.15) is 50.7 Å². The lowest BCUT2D eigenvalue weighted by Crippen LogP contribution is -2.38. The molecule has 1 atom stereocenters. The summed E-state index contributed by atoms with van der Waals surface area (Å²) in [6, 6.07) is 11.5. The molecule has 1 heterocycles. The number of halogens is 1. The fourth-order valence-corrected chi connectivity index (χ4v) is 5.00. The van der Waals surface area contributed by atoms with Gasteiger partial charge in [0.2, 0.25) is 0 Å². The van der Waals surface area contributed by atoms with E-state index in [-0.39, 0.29) is 34.8 Å². The minimum atomic E-state index is -0.790. The maximum Gasteiger partial charge on any atom is 0.336 e. The molecular formula is C27H27ClN2O6. The molecule has 188 valence electrons. The standard InChI is InChI=1S/C27H27ClN2O6/c1-15-23(26(32)35-4)24(25-19(29-15)12-27(2,3)13-21(25)31)17-7-10-22(20(11-17)30(33)34)36-14-16-5-8-18(28)9-6-16/h5-11,24,29H,12-14H2,1-4H3/t24-/m1/s1. The molecule has 1 aliphatic heterocycles. The Kier molecular flexibility index (Phi) is 6.91. The average Bonchev–Trinajstić information content (AvgIpc) is 2.81. The first kappa shape index (κ1) is 25.4. The van der Waals surface area contributed by atoms with Crippen molar-refractivity contribution in [1.82, 2.24) is 5.32 Å². The molecule has 0 spiro atoms. The molecule has 2 aromatic carbocycles. The number of benzene rings is 2. The predicted octanol–water partition coefficient (Wildman–Crippen LogP) is 5.60. The van der Waals surface area contributed by atoms with Crippen molar-refractivity contribution in [3.63, 3.8) is 0 Å². The van der Waals surface area contributed by atoms with Crippen LogP contribution in [0.5, 0.6) is 5.75 Å². The molecule has 2 aliphatic rings. The van der Waals surface area contributed by atoms with Crippen LogP contribution in [0.15, 0.2) is 65.0 Å². The number of nitrogens with zero attached hydrogens (tertiary/aromatic N) is 1. The number of allylic oxidation sites excluding steroid dienone is 3. The van der Waals surface area contributed by atoms with Crippen molar-refractivity contribution in [2.24, 2.45) is 5.41 Å². The van der Waals surface area contributed by atoms with Gasteiger partial charge in [0.1, 0.15) is 6.61 Å². The highest BCUT2D eigenvalue weighted by atomic mass is 35.5. The highest BCUT2D eigenvalue weighted by Gasteiger charge is 2.43. The number of rotatable bonds is 6. The molecular weight excluding hydrogens is 484 g/mol. The number of hydrogen-bond acceptors (Lipinski definition) is 7. The number of ketones is 1. The van der Waals surface area contributed by atoms with E-state index in [2.05, 4.69) is 5.32 Å². The third-order valence-electron chi connectivity index (χ3n) is 6.47. The SMILES string of the molecule is COC(=O)C1=C(C)NC2=C(C(=O)CC(C)(C)C2)[C@@H]1c1ccc(OCc2ccc(Cl)cc2)c([N+](=O)[O-])c1. The number of dihydropyridines is 1. The molecule has 0 bridgehead atoms. The number of carbonyl (C=O) groups excluding carboxylic acids is 2. The van der Waals surface area contributed by atoms with Crippen LogP contribution in [0.25, 0.3) is 0 Å². The summed E-state index contributed by atoms with van der Waals surface area (Å²) >= 11 is 5.92. The molecule has 1 N–H and O–H groups in total. The van der Waals surface area contributed by atoms with Crippen molar-refractivity contribution in [2.45, 2.75) is 46.1 Å². The van der Waals surface area contributed by atoms with Gasteiger partial charge in [-0.1, -0.05) is 43.6 Å². The lowest BCUT2D eigenvalue weighted by molar-refractivity contribution is -0.386. The minimum Gasteiger partial charge on any atom is -0.482 e. The normalized spacial score (nSPS) is 18.9. The zero-order chi connectivity index (χ0) is 26.2. The summed E-state index contributed by atoms with van der Waals surface area (Å²) in [6.45, 7) is 5.88. The number of hydrogen-bond donors (Lipinski definition) is 1. The second kappa shape index (κ2) is 9.78. The number of nitro benzene ring substituents is 1. The number of methoxy groups -OCH3 is 1. The molecule has 0 fully saturated rings. The summed E-state index contributed by atoms with van der Waals surface area (Å²) in [6.07, 6.45) is 0.919. The van der Waals surface area contributed by atoms with Crippen molar-refractivity contribution in [1.29, 1.82) is 0 Å². The van der Waals surface area contributed by atoms with Crippen LogP contribution in [-0.2, 0) is 20.9 Å². The number of nitro groups is 1. The Balaban J connectivity index is 1.77. The van der Waals surface area contributed by atoms with Gasteiger partial charge < -0.3 is 14.8 Å². The summed E-state index contributed by atoms with van der Waals surface area (Å²) in [5, 5.41) is 15.8. The van der Waals surface area contributed by atoms with Crippen LogP contribution in [0.4, 0.5) is 5.69 Å². The number of esters is 1. The van der Waals surface area contributed by atoms with E-state index in [9.17, 15) is 19.7 Å². The van der Waals surface area contributed by atoms with Crippen molar-refractivity contribution in [3.05, 3.63) is 91.3 Å². The van der Waals surface area contributed by atoms with Gasteiger partial charge in [-0.3, -0.25) is 14.9 Å². The molecule has 0 saturated heterocycles. The first-order chi connectivity index (χ1) is 17.0. The van der Waals surface area contributed by atoms with Crippen LogP contribution in [0, 0.1) is 15.5 Å². The van der Waals surface area contributed by atoms with Crippen molar-refractivity contribution in [2.75, 3.05) is 7.11 Å². The van der Waals surface area contributed by atoms with E-state index in [0.29, 0.717) is 34.7 Å². The summed E-state index contributed by atoms with van der Waals surface area (Å²) in [5.74, 6) is -1.40. The Morgan fingerprint density at radius 3 is 2.53 bits per heavy atom. The van der Waals surface area contributed by atoms with Gasteiger partial charge in [0.05, 0.1) is 17.6 Å². The number of Topliss-reactive ketones (excluding diaryl/α,β-unsaturated/α-hetero) is 1. The minimum absolute atomic E-state index is 0.0817. The monoisotopic (exact) mass is 510 g/mol. The highest BCUT2D eigenvalue weighted by Crippen LogP contribution is 2.47. The van der Waals surface area contributed by atoms with Gasteiger partial charge in [-0.05, 0) is 48.1 Å². The molecule has 9 heteroatoms. The highest BCUT2D eigenvalue weighted by molar-refractivity contribution is 6.30. The van der Waals surface area contributed by atoms with E-state index in [0.717, 1.165) is 11.3 Å². The summed E-state index contributed by atoms with van der Waals surface area (Å²) in [4.78, 5) is 37.6. The van der Waals surface area contributed by atoms with Gasteiger partial charge in [-0.15, -0.1) is 0 Å². The van der Waals surface area contributed by atoms with Crippen molar-refractivity contribution >= 4 is 29.0 Å². The van der Waals surface area contributed by atoms with E-state index in [1.165, 1.54) is 19.2 Å². The Morgan fingerprint density at radius 1 is 1.19 bits per heavy atom. The van der Waals surface area contributed by atoms with E-state index in [4.69, 9.17) is 21.1 Å². The summed E-state index contributed by atoms with van der Waals surface area (Å²) in [5.41, 5.74) is 2.74. The maximum absolute atomic E-state index is 13.3. The lowest BCUT2D eigenvalue weighted by Gasteiger charge is -2.39.